The number of hydrogen-bond acceptors (Lipinski definition) is 1. The van der Waals surface area contributed by atoms with E-state index in [-0.39, 0.29) is 0 Å². The molecule has 0 bridgehead atoms. The average molecular weight is 385 g/mol. The number of hydrogen-bond donors (Lipinski definition) is 0. The molecule has 0 atom stereocenters. The van der Waals surface area contributed by atoms with Gasteiger partial charge in [0.1, 0.15) is 5.75 Å². The first-order chi connectivity index (χ1) is 13.0. The van der Waals surface area contributed by atoms with Crippen molar-refractivity contribution in [3.05, 3.63) is 65.7 Å². The maximum atomic E-state index is 5.05. The Kier molecular flexibility index (Phi) is 12.6. The van der Waals surface area contributed by atoms with Gasteiger partial charge in [-0.05, 0) is 52.8 Å². The summed E-state index contributed by atoms with van der Waals surface area (Å²) >= 11 is 0. The minimum atomic E-state index is 0.500. The van der Waals surface area contributed by atoms with Crippen LogP contribution < -0.4 is 4.74 Å². The molecule has 0 radical (unpaired) electrons. The Morgan fingerprint density at radius 2 is 1.21 bits per heavy atom. The Bertz CT molecular complexity index is 601. The van der Waals surface area contributed by atoms with Crippen LogP contribution in [0.15, 0.2) is 54.6 Å². The number of benzene rings is 2. The molecule has 0 aliphatic heterocycles. The van der Waals surface area contributed by atoms with E-state index in [1.54, 1.807) is 7.11 Å². The molecule has 2 aromatic rings. The summed E-state index contributed by atoms with van der Waals surface area (Å²) in [5, 5.41) is 0. The molecule has 0 aliphatic carbocycles. The van der Waals surface area contributed by atoms with Gasteiger partial charge >= 0.3 is 0 Å². The predicted molar refractivity (Wildman–Crippen MR) is 126 cm³/mol. The molecule has 0 aliphatic rings. The Balaban J connectivity index is 0.000000402. The third-order valence-corrected chi connectivity index (χ3v) is 5.00. The summed E-state index contributed by atoms with van der Waals surface area (Å²) in [6, 6.07) is 18.8. The van der Waals surface area contributed by atoms with E-state index >= 15 is 0 Å². The SMILES string of the molecule is CC(C)C(C)(C)C.CC(C)Cc1ccccc1.COc1ccc(C(C)C)cc1. The highest BCUT2D eigenvalue weighted by atomic mass is 16.5. The first kappa shape index (κ1) is 26.2. The molecule has 1 heteroatoms. The van der Waals surface area contributed by atoms with E-state index in [9.17, 15) is 0 Å². The maximum Gasteiger partial charge on any atom is 0.118 e. The second-order valence-electron chi connectivity index (χ2n) is 9.53. The zero-order chi connectivity index (χ0) is 21.7. The van der Waals surface area contributed by atoms with Crippen molar-refractivity contribution in [1.29, 1.82) is 0 Å². The van der Waals surface area contributed by atoms with Gasteiger partial charge in [0.05, 0.1) is 7.11 Å². The van der Waals surface area contributed by atoms with Gasteiger partial charge in [-0.25, -0.2) is 0 Å². The Hall–Kier alpha value is -1.76. The van der Waals surface area contributed by atoms with Crippen molar-refractivity contribution in [2.45, 2.75) is 74.7 Å². The molecule has 0 N–H and O–H groups in total. The second kappa shape index (κ2) is 13.4. The van der Waals surface area contributed by atoms with Crippen LogP contribution in [0, 0.1) is 17.3 Å². The summed E-state index contributed by atoms with van der Waals surface area (Å²) in [6.07, 6.45) is 1.20. The van der Waals surface area contributed by atoms with Gasteiger partial charge in [-0.2, -0.15) is 0 Å². The van der Waals surface area contributed by atoms with Gasteiger partial charge in [0, 0.05) is 0 Å². The molecule has 0 fully saturated rings. The van der Waals surface area contributed by atoms with Crippen LogP contribution in [0.25, 0.3) is 0 Å². The first-order valence-electron chi connectivity index (χ1n) is 10.6. The predicted octanol–water partition coefficient (Wildman–Crippen LogP) is 8.39. The van der Waals surface area contributed by atoms with Crippen molar-refractivity contribution < 1.29 is 4.74 Å². The zero-order valence-corrected chi connectivity index (χ0v) is 20.0. The quantitative estimate of drug-likeness (QED) is 0.514. The lowest BCUT2D eigenvalue weighted by Gasteiger charge is -2.22. The number of methoxy groups -OCH3 is 1. The minimum absolute atomic E-state index is 0.500. The largest absolute Gasteiger partial charge is 0.497 e. The van der Waals surface area contributed by atoms with Crippen molar-refractivity contribution in [1.82, 2.24) is 0 Å². The molecule has 0 saturated heterocycles. The fraction of sp³-hybridized carbons (Fsp3) is 0.556. The lowest BCUT2D eigenvalue weighted by atomic mass is 9.84. The normalized spacial score (nSPS) is 10.9. The molecule has 0 spiro atoms. The van der Waals surface area contributed by atoms with Crippen molar-refractivity contribution in [3.63, 3.8) is 0 Å². The number of ether oxygens (including phenoxy) is 1. The Morgan fingerprint density at radius 1 is 0.750 bits per heavy atom. The molecule has 158 valence electrons. The van der Waals surface area contributed by atoms with Gasteiger partial charge in [0.15, 0.2) is 0 Å². The van der Waals surface area contributed by atoms with E-state index in [1.165, 1.54) is 17.5 Å². The molecule has 0 saturated carbocycles. The van der Waals surface area contributed by atoms with E-state index in [0.717, 1.165) is 17.6 Å². The standard InChI is InChI=1S/C10H14O.C10H14.C7H16/c1-8(2)9-4-6-10(11-3)7-5-9;1-9(2)8-10-6-4-3-5-7-10;1-6(2)7(3,4)5/h4-8H,1-3H3;3-7,9H,8H2,1-2H3;6H,1-5H3. The number of rotatable bonds is 4. The molecule has 0 unspecified atom stereocenters. The van der Waals surface area contributed by atoms with Gasteiger partial charge in [0.2, 0.25) is 0 Å². The van der Waals surface area contributed by atoms with Crippen molar-refractivity contribution in [2.75, 3.05) is 7.11 Å². The third kappa shape index (κ3) is 12.6. The van der Waals surface area contributed by atoms with Crippen molar-refractivity contribution in [2.24, 2.45) is 17.3 Å². The molecule has 2 aromatic carbocycles. The average Bonchev–Trinajstić information content (AvgIpc) is 2.62. The van der Waals surface area contributed by atoms with Crippen LogP contribution in [0.3, 0.4) is 0 Å². The second-order valence-corrected chi connectivity index (χ2v) is 9.53. The highest BCUT2D eigenvalue weighted by Crippen LogP contribution is 2.23. The summed E-state index contributed by atoms with van der Waals surface area (Å²) < 4.78 is 5.05. The molecule has 0 amide bonds. The highest BCUT2D eigenvalue weighted by molar-refractivity contribution is 5.28. The monoisotopic (exact) mass is 384 g/mol. The van der Waals surface area contributed by atoms with E-state index in [4.69, 9.17) is 4.74 Å². The van der Waals surface area contributed by atoms with E-state index in [1.807, 2.05) is 12.1 Å². The van der Waals surface area contributed by atoms with E-state index in [2.05, 4.69) is 105 Å². The smallest absolute Gasteiger partial charge is 0.118 e. The van der Waals surface area contributed by atoms with E-state index in [0.29, 0.717) is 11.3 Å². The first-order valence-corrected chi connectivity index (χ1v) is 10.6. The summed E-state index contributed by atoms with van der Waals surface area (Å²) in [6.45, 7) is 20.1. The fourth-order valence-corrected chi connectivity index (χ4v) is 2.07. The summed E-state index contributed by atoms with van der Waals surface area (Å²) in [4.78, 5) is 0. The molecule has 0 heterocycles. The van der Waals surface area contributed by atoms with Crippen LogP contribution in [0.4, 0.5) is 0 Å². The van der Waals surface area contributed by atoms with Crippen LogP contribution in [0.1, 0.15) is 79.4 Å². The zero-order valence-electron chi connectivity index (χ0n) is 20.0. The topological polar surface area (TPSA) is 9.23 Å². The van der Waals surface area contributed by atoms with Gasteiger partial charge in [-0.15, -0.1) is 0 Å². The molecule has 0 aromatic heterocycles. The van der Waals surface area contributed by atoms with Crippen LogP contribution in [0.5, 0.6) is 5.75 Å². The minimum Gasteiger partial charge on any atom is -0.497 e. The van der Waals surface area contributed by atoms with Crippen LogP contribution >= 0.6 is 0 Å². The Labute approximate surface area is 175 Å². The van der Waals surface area contributed by atoms with Gasteiger partial charge in [-0.3, -0.25) is 0 Å². The highest BCUT2D eigenvalue weighted by Gasteiger charge is 2.13. The molecular weight excluding hydrogens is 340 g/mol. The summed E-state index contributed by atoms with van der Waals surface area (Å²) in [7, 11) is 1.68. The van der Waals surface area contributed by atoms with E-state index < -0.39 is 0 Å². The Morgan fingerprint density at radius 3 is 1.54 bits per heavy atom. The third-order valence-electron chi connectivity index (χ3n) is 5.00. The fourth-order valence-electron chi connectivity index (χ4n) is 2.07. The lowest BCUT2D eigenvalue weighted by Crippen LogP contribution is -2.12. The van der Waals surface area contributed by atoms with Gasteiger partial charge in [-0.1, -0.05) is 105 Å². The maximum absolute atomic E-state index is 5.05. The van der Waals surface area contributed by atoms with Crippen LogP contribution in [0.2, 0.25) is 0 Å². The molecule has 28 heavy (non-hydrogen) atoms. The van der Waals surface area contributed by atoms with Crippen LogP contribution in [-0.4, -0.2) is 7.11 Å². The van der Waals surface area contributed by atoms with Crippen molar-refractivity contribution >= 4 is 0 Å². The molecule has 2 rings (SSSR count). The van der Waals surface area contributed by atoms with Crippen LogP contribution in [-0.2, 0) is 6.42 Å². The summed E-state index contributed by atoms with van der Waals surface area (Å²) in [5.74, 6) is 3.09. The van der Waals surface area contributed by atoms with Gasteiger partial charge < -0.3 is 4.74 Å². The summed E-state index contributed by atoms with van der Waals surface area (Å²) in [5.41, 5.74) is 3.29. The van der Waals surface area contributed by atoms with Crippen molar-refractivity contribution in [3.8, 4) is 5.75 Å². The van der Waals surface area contributed by atoms with Gasteiger partial charge in [0.25, 0.3) is 0 Å². The lowest BCUT2D eigenvalue weighted by molar-refractivity contribution is 0.283. The molecule has 1 nitrogen and oxygen atoms in total. The molecular formula is C27H44O.